The molecule has 1 aromatic carbocycles. The zero-order valence-corrected chi connectivity index (χ0v) is 16.5. The predicted molar refractivity (Wildman–Crippen MR) is 102 cm³/mol. The molecule has 2 heterocycles. The molecule has 1 amide bonds. The fraction of sp³-hybridized carbons (Fsp3) is 0.350. The summed E-state index contributed by atoms with van der Waals surface area (Å²) in [5.74, 6) is -0.726. The Balaban J connectivity index is 1.51. The number of amides is 1. The second-order valence-electron chi connectivity index (χ2n) is 6.71. The summed E-state index contributed by atoms with van der Waals surface area (Å²) < 4.78 is 19.8. The van der Waals surface area contributed by atoms with E-state index < -0.39 is 18.0 Å². The lowest BCUT2D eigenvalue weighted by atomic mass is 10.1. The standard InChI is InChI=1S/C20H22FN5O3/c1-12-17(13(2)26-20(25-12)23-11-24-26)8-9-18(27)29-14(3)19(28)22-10-15-4-6-16(21)7-5-15/h4-7,11,14H,8-10H2,1-3H3,(H,22,28)/t14-/m0/s1. The zero-order chi connectivity index (χ0) is 21.0. The van der Waals surface area contributed by atoms with Gasteiger partial charge in [0.15, 0.2) is 6.10 Å². The third kappa shape index (κ3) is 4.92. The molecule has 3 aromatic rings. The smallest absolute Gasteiger partial charge is 0.306 e. The van der Waals surface area contributed by atoms with Gasteiger partial charge < -0.3 is 10.1 Å². The van der Waals surface area contributed by atoms with Crippen molar-refractivity contribution in [1.82, 2.24) is 24.9 Å². The molecule has 0 saturated carbocycles. The molecular weight excluding hydrogens is 377 g/mol. The highest BCUT2D eigenvalue weighted by atomic mass is 19.1. The van der Waals surface area contributed by atoms with Crippen molar-refractivity contribution in [3.63, 3.8) is 0 Å². The fourth-order valence-electron chi connectivity index (χ4n) is 2.99. The first kappa shape index (κ1) is 20.4. The predicted octanol–water partition coefficient (Wildman–Crippen LogP) is 2.06. The Hall–Kier alpha value is -3.36. The van der Waals surface area contributed by atoms with Crippen LogP contribution in [-0.4, -0.2) is 37.6 Å². The van der Waals surface area contributed by atoms with Crippen LogP contribution in [-0.2, 0) is 27.3 Å². The summed E-state index contributed by atoms with van der Waals surface area (Å²) in [4.78, 5) is 32.7. The molecule has 3 rings (SSSR count). The van der Waals surface area contributed by atoms with Crippen molar-refractivity contribution in [3.8, 4) is 0 Å². The molecule has 152 valence electrons. The van der Waals surface area contributed by atoms with Gasteiger partial charge in [-0.05, 0) is 50.5 Å². The molecule has 9 heteroatoms. The van der Waals surface area contributed by atoms with E-state index in [1.165, 1.54) is 25.4 Å². The number of hydrogen-bond donors (Lipinski definition) is 1. The van der Waals surface area contributed by atoms with E-state index in [2.05, 4.69) is 20.4 Å². The van der Waals surface area contributed by atoms with Crippen molar-refractivity contribution in [3.05, 3.63) is 58.9 Å². The van der Waals surface area contributed by atoms with Crippen LogP contribution in [0.25, 0.3) is 5.78 Å². The highest BCUT2D eigenvalue weighted by molar-refractivity contribution is 5.83. The van der Waals surface area contributed by atoms with Gasteiger partial charge >= 0.3 is 5.97 Å². The minimum absolute atomic E-state index is 0.110. The van der Waals surface area contributed by atoms with E-state index in [0.717, 1.165) is 22.5 Å². The molecule has 1 atom stereocenters. The number of halogens is 1. The molecule has 0 aliphatic carbocycles. The summed E-state index contributed by atoms with van der Waals surface area (Å²) in [6.07, 6.45) is 1.03. The van der Waals surface area contributed by atoms with Crippen LogP contribution >= 0.6 is 0 Å². The number of esters is 1. The molecule has 8 nitrogen and oxygen atoms in total. The molecule has 0 aliphatic heterocycles. The number of ether oxygens (including phenoxy) is 1. The first-order chi connectivity index (χ1) is 13.8. The number of carbonyl (C=O) groups excluding carboxylic acids is 2. The lowest BCUT2D eigenvalue weighted by molar-refractivity contribution is -0.154. The van der Waals surface area contributed by atoms with Gasteiger partial charge in [-0.15, -0.1) is 0 Å². The zero-order valence-electron chi connectivity index (χ0n) is 16.5. The van der Waals surface area contributed by atoms with Gasteiger partial charge in [0.05, 0.1) is 0 Å². The number of nitrogens with zero attached hydrogens (tertiary/aromatic N) is 4. The van der Waals surface area contributed by atoms with Crippen molar-refractivity contribution in [2.24, 2.45) is 0 Å². The molecule has 29 heavy (non-hydrogen) atoms. The van der Waals surface area contributed by atoms with Crippen molar-refractivity contribution in [2.75, 3.05) is 0 Å². The molecule has 0 unspecified atom stereocenters. The number of aromatic nitrogens is 4. The monoisotopic (exact) mass is 399 g/mol. The van der Waals surface area contributed by atoms with E-state index in [0.29, 0.717) is 12.2 Å². The van der Waals surface area contributed by atoms with E-state index in [4.69, 9.17) is 4.74 Å². The lowest BCUT2D eigenvalue weighted by Crippen LogP contribution is -2.35. The number of aryl methyl sites for hydroxylation is 2. The van der Waals surface area contributed by atoms with Gasteiger partial charge in [-0.25, -0.2) is 13.9 Å². The van der Waals surface area contributed by atoms with Crippen LogP contribution in [0.2, 0.25) is 0 Å². The molecule has 0 fully saturated rings. The third-order valence-electron chi connectivity index (χ3n) is 4.63. The number of carbonyl (C=O) groups is 2. The summed E-state index contributed by atoms with van der Waals surface area (Å²) in [6.45, 7) is 5.48. The molecule has 1 N–H and O–H groups in total. The Labute approximate surface area is 167 Å². The van der Waals surface area contributed by atoms with E-state index in [9.17, 15) is 14.0 Å². The van der Waals surface area contributed by atoms with Crippen LogP contribution in [0.1, 0.15) is 35.9 Å². The second kappa shape index (κ2) is 8.76. The molecular formula is C20H22FN5O3. The maximum atomic E-state index is 12.9. The van der Waals surface area contributed by atoms with Gasteiger partial charge in [-0.1, -0.05) is 12.1 Å². The maximum Gasteiger partial charge on any atom is 0.306 e. The van der Waals surface area contributed by atoms with Gasteiger partial charge in [-0.3, -0.25) is 9.59 Å². The van der Waals surface area contributed by atoms with E-state index in [1.54, 1.807) is 16.6 Å². The Morgan fingerprint density at radius 2 is 1.97 bits per heavy atom. The quantitative estimate of drug-likeness (QED) is 0.611. The summed E-state index contributed by atoms with van der Waals surface area (Å²) >= 11 is 0. The van der Waals surface area contributed by atoms with E-state index in [1.807, 2.05) is 13.8 Å². The minimum atomic E-state index is -0.930. The Bertz CT molecular complexity index is 1030. The molecule has 2 aromatic heterocycles. The van der Waals surface area contributed by atoms with Gasteiger partial charge in [0.25, 0.3) is 11.7 Å². The number of nitrogens with one attached hydrogen (secondary N) is 1. The summed E-state index contributed by atoms with van der Waals surface area (Å²) in [5, 5.41) is 6.79. The number of fused-ring (bicyclic) bond motifs is 1. The van der Waals surface area contributed by atoms with Crippen LogP contribution in [0, 0.1) is 19.7 Å². The topological polar surface area (TPSA) is 98.5 Å². The summed E-state index contributed by atoms with van der Waals surface area (Å²) in [6, 6.07) is 5.80. The number of benzene rings is 1. The minimum Gasteiger partial charge on any atom is -0.453 e. The molecule has 0 bridgehead atoms. The average Bonchev–Trinajstić information content (AvgIpc) is 3.15. The number of hydrogen-bond acceptors (Lipinski definition) is 6. The summed E-state index contributed by atoms with van der Waals surface area (Å²) in [7, 11) is 0. The molecule has 0 radical (unpaired) electrons. The van der Waals surface area contributed by atoms with Crippen LogP contribution in [0.4, 0.5) is 4.39 Å². The average molecular weight is 399 g/mol. The van der Waals surface area contributed by atoms with Crippen LogP contribution in [0.3, 0.4) is 0 Å². The van der Waals surface area contributed by atoms with Crippen LogP contribution in [0.5, 0.6) is 0 Å². The Kier molecular flexibility index (Phi) is 6.16. The molecule has 0 saturated heterocycles. The fourth-order valence-corrected chi connectivity index (χ4v) is 2.99. The maximum absolute atomic E-state index is 12.9. The van der Waals surface area contributed by atoms with Gasteiger partial charge in [0, 0.05) is 24.4 Å². The van der Waals surface area contributed by atoms with E-state index in [-0.39, 0.29) is 18.8 Å². The molecule has 0 spiro atoms. The largest absolute Gasteiger partial charge is 0.453 e. The van der Waals surface area contributed by atoms with Crippen molar-refractivity contribution in [1.29, 1.82) is 0 Å². The van der Waals surface area contributed by atoms with Crippen LogP contribution in [0.15, 0.2) is 30.6 Å². The highest BCUT2D eigenvalue weighted by Gasteiger charge is 2.19. The van der Waals surface area contributed by atoms with E-state index >= 15 is 0 Å². The van der Waals surface area contributed by atoms with Crippen molar-refractivity contribution >= 4 is 17.7 Å². The van der Waals surface area contributed by atoms with Crippen LogP contribution < -0.4 is 5.32 Å². The van der Waals surface area contributed by atoms with Gasteiger partial charge in [0.1, 0.15) is 12.1 Å². The van der Waals surface area contributed by atoms with Crippen molar-refractivity contribution in [2.45, 2.75) is 46.3 Å². The van der Waals surface area contributed by atoms with Crippen molar-refractivity contribution < 1.29 is 18.7 Å². The normalized spacial score (nSPS) is 12.0. The Morgan fingerprint density at radius 3 is 2.69 bits per heavy atom. The molecule has 0 aliphatic rings. The van der Waals surface area contributed by atoms with Gasteiger partial charge in [0.2, 0.25) is 0 Å². The third-order valence-corrected chi connectivity index (χ3v) is 4.63. The first-order valence-electron chi connectivity index (χ1n) is 9.22. The number of rotatable bonds is 7. The Morgan fingerprint density at radius 1 is 1.24 bits per heavy atom. The van der Waals surface area contributed by atoms with Gasteiger partial charge in [-0.2, -0.15) is 10.1 Å². The second-order valence-corrected chi connectivity index (χ2v) is 6.71. The SMILES string of the molecule is Cc1nc2ncnn2c(C)c1CCC(=O)O[C@@H](C)C(=O)NCc1ccc(F)cc1. The first-order valence-corrected chi connectivity index (χ1v) is 9.22. The lowest BCUT2D eigenvalue weighted by Gasteiger charge is -2.14. The summed E-state index contributed by atoms with van der Waals surface area (Å²) in [5.41, 5.74) is 3.29. The highest BCUT2D eigenvalue weighted by Crippen LogP contribution is 2.15.